The number of hydrogen-bond donors (Lipinski definition) is 1. The number of hydrogen-bond acceptors (Lipinski definition) is 4. The van der Waals surface area contributed by atoms with Crippen molar-refractivity contribution in [3.8, 4) is 0 Å². The van der Waals surface area contributed by atoms with Crippen LogP contribution < -0.4 is 5.32 Å². The molecule has 0 spiro atoms. The van der Waals surface area contributed by atoms with Crippen LogP contribution in [0, 0.1) is 0 Å². The third-order valence-corrected chi connectivity index (χ3v) is 4.10. The van der Waals surface area contributed by atoms with Crippen LogP contribution in [0.4, 0.5) is 0 Å². The monoisotopic (exact) mass is 238 g/mol. The topological polar surface area (TPSA) is 24.9 Å². The van der Waals surface area contributed by atoms with Crippen molar-refractivity contribution in [2.45, 2.75) is 26.4 Å². The number of aromatic nitrogens is 1. The molecule has 2 nitrogen and oxygen atoms in total. The molecule has 15 heavy (non-hydrogen) atoms. The Morgan fingerprint density at radius 1 is 1.33 bits per heavy atom. The van der Waals surface area contributed by atoms with Crippen LogP contribution in [0.5, 0.6) is 0 Å². The largest absolute Gasteiger partial charge is 0.307 e. The standard InChI is InChI=1S/C11H14N2S2/c1-2-11-13-8-10(15-11)7-12-6-9-4-3-5-14-9/h3-5,8,12H,2,6-7H2,1H3. The van der Waals surface area contributed by atoms with Gasteiger partial charge in [-0.2, -0.15) is 0 Å². The van der Waals surface area contributed by atoms with Crippen LogP contribution in [0.3, 0.4) is 0 Å². The Balaban J connectivity index is 1.78. The van der Waals surface area contributed by atoms with Crippen molar-refractivity contribution >= 4 is 22.7 Å². The molecule has 0 bridgehead atoms. The van der Waals surface area contributed by atoms with Crippen molar-refractivity contribution in [2.24, 2.45) is 0 Å². The summed E-state index contributed by atoms with van der Waals surface area (Å²) < 4.78 is 0. The summed E-state index contributed by atoms with van der Waals surface area (Å²) in [6, 6.07) is 4.24. The molecule has 0 aliphatic heterocycles. The Bertz CT molecular complexity index is 392. The molecule has 0 atom stereocenters. The first-order valence-corrected chi connectivity index (χ1v) is 6.74. The highest BCUT2D eigenvalue weighted by atomic mass is 32.1. The Kier molecular flexibility index (Phi) is 3.88. The van der Waals surface area contributed by atoms with E-state index in [4.69, 9.17) is 0 Å². The van der Waals surface area contributed by atoms with E-state index in [0.29, 0.717) is 0 Å². The van der Waals surface area contributed by atoms with Crippen molar-refractivity contribution in [3.63, 3.8) is 0 Å². The molecule has 0 radical (unpaired) electrons. The predicted octanol–water partition coefficient (Wildman–Crippen LogP) is 3.06. The molecule has 0 aromatic carbocycles. The van der Waals surface area contributed by atoms with Gasteiger partial charge in [-0.25, -0.2) is 4.98 Å². The lowest BCUT2D eigenvalue weighted by molar-refractivity contribution is 0.708. The van der Waals surface area contributed by atoms with Crippen molar-refractivity contribution in [2.75, 3.05) is 0 Å². The van der Waals surface area contributed by atoms with Crippen LogP contribution in [0.15, 0.2) is 23.7 Å². The summed E-state index contributed by atoms with van der Waals surface area (Å²) in [5.41, 5.74) is 0. The fraction of sp³-hybridized carbons (Fsp3) is 0.364. The zero-order valence-corrected chi connectivity index (χ0v) is 10.3. The first-order chi connectivity index (χ1) is 7.38. The van der Waals surface area contributed by atoms with Crippen LogP contribution in [0.25, 0.3) is 0 Å². The zero-order chi connectivity index (χ0) is 10.5. The van der Waals surface area contributed by atoms with Crippen LogP contribution >= 0.6 is 22.7 Å². The molecule has 80 valence electrons. The fourth-order valence-electron chi connectivity index (χ4n) is 1.32. The molecule has 2 heterocycles. The van der Waals surface area contributed by atoms with Gasteiger partial charge >= 0.3 is 0 Å². The van der Waals surface area contributed by atoms with Gasteiger partial charge in [0.1, 0.15) is 0 Å². The molecule has 0 fully saturated rings. The average molecular weight is 238 g/mol. The lowest BCUT2D eigenvalue weighted by Crippen LogP contribution is -2.10. The number of nitrogens with zero attached hydrogens (tertiary/aromatic N) is 1. The van der Waals surface area contributed by atoms with Gasteiger partial charge in [0.15, 0.2) is 0 Å². The van der Waals surface area contributed by atoms with E-state index in [9.17, 15) is 0 Å². The SMILES string of the molecule is CCc1ncc(CNCc2cccs2)s1. The van der Waals surface area contributed by atoms with Crippen molar-refractivity contribution in [1.82, 2.24) is 10.3 Å². The maximum absolute atomic E-state index is 4.33. The van der Waals surface area contributed by atoms with Crippen LogP contribution in [-0.4, -0.2) is 4.98 Å². The van der Waals surface area contributed by atoms with Gasteiger partial charge in [-0.3, -0.25) is 0 Å². The molecule has 0 saturated carbocycles. The minimum atomic E-state index is 0.926. The fourth-order valence-corrected chi connectivity index (χ4v) is 2.82. The highest BCUT2D eigenvalue weighted by Gasteiger charge is 1.99. The second kappa shape index (κ2) is 5.39. The van der Waals surface area contributed by atoms with E-state index in [-0.39, 0.29) is 0 Å². The highest BCUT2D eigenvalue weighted by Crippen LogP contribution is 2.13. The minimum absolute atomic E-state index is 0.926. The van der Waals surface area contributed by atoms with Crippen molar-refractivity contribution in [3.05, 3.63) is 38.5 Å². The lowest BCUT2D eigenvalue weighted by Gasteiger charge is -1.99. The van der Waals surface area contributed by atoms with Crippen LogP contribution in [0.1, 0.15) is 21.7 Å². The third-order valence-electron chi connectivity index (χ3n) is 2.08. The normalized spacial score (nSPS) is 10.7. The molecular formula is C11H14N2S2. The van der Waals surface area contributed by atoms with Gasteiger partial charge in [-0.15, -0.1) is 22.7 Å². The van der Waals surface area contributed by atoms with Gasteiger partial charge in [0.25, 0.3) is 0 Å². The second-order valence-corrected chi connectivity index (χ2v) is 5.49. The van der Waals surface area contributed by atoms with E-state index < -0.39 is 0 Å². The second-order valence-electron chi connectivity index (χ2n) is 3.26. The van der Waals surface area contributed by atoms with E-state index in [1.54, 1.807) is 22.7 Å². The minimum Gasteiger partial charge on any atom is -0.307 e. The van der Waals surface area contributed by atoms with Crippen molar-refractivity contribution < 1.29 is 0 Å². The number of thiophene rings is 1. The summed E-state index contributed by atoms with van der Waals surface area (Å²) in [6.07, 6.45) is 3.01. The van der Waals surface area contributed by atoms with Crippen LogP contribution in [0.2, 0.25) is 0 Å². The van der Waals surface area contributed by atoms with Gasteiger partial charge in [-0.05, 0) is 17.9 Å². The van der Waals surface area contributed by atoms with Gasteiger partial charge in [0.05, 0.1) is 5.01 Å². The van der Waals surface area contributed by atoms with E-state index in [1.165, 1.54) is 14.8 Å². The van der Waals surface area contributed by atoms with Gasteiger partial charge in [-0.1, -0.05) is 13.0 Å². The summed E-state index contributed by atoms with van der Waals surface area (Å²) in [7, 11) is 0. The summed E-state index contributed by atoms with van der Waals surface area (Å²) >= 11 is 3.59. The van der Waals surface area contributed by atoms with Crippen molar-refractivity contribution in [1.29, 1.82) is 0 Å². The number of aryl methyl sites for hydroxylation is 1. The predicted molar refractivity (Wildman–Crippen MR) is 66.4 cm³/mol. The number of thiazole rings is 1. The van der Waals surface area contributed by atoms with Crippen LogP contribution in [-0.2, 0) is 19.5 Å². The molecule has 0 aliphatic carbocycles. The molecule has 0 amide bonds. The lowest BCUT2D eigenvalue weighted by atomic mass is 10.4. The molecule has 2 aromatic rings. The summed E-state index contributed by atoms with van der Waals surface area (Å²) in [5, 5.41) is 6.76. The molecule has 0 unspecified atom stereocenters. The molecule has 2 rings (SSSR count). The molecule has 0 saturated heterocycles. The number of rotatable bonds is 5. The van der Waals surface area contributed by atoms with E-state index >= 15 is 0 Å². The Morgan fingerprint density at radius 2 is 2.20 bits per heavy atom. The smallest absolute Gasteiger partial charge is 0.0925 e. The first kappa shape index (κ1) is 10.8. The molecule has 1 N–H and O–H groups in total. The summed E-state index contributed by atoms with van der Waals surface area (Å²) in [6.45, 7) is 4.02. The first-order valence-electron chi connectivity index (χ1n) is 5.05. The maximum Gasteiger partial charge on any atom is 0.0925 e. The summed E-state index contributed by atoms with van der Waals surface area (Å²) in [5.74, 6) is 0. The summed E-state index contributed by atoms with van der Waals surface area (Å²) in [4.78, 5) is 7.04. The number of nitrogens with one attached hydrogen (secondary N) is 1. The molecule has 4 heteroatoms. The van der Waals surface area contributed by atoms with E-state index in [0.717, 1.165) is 19.5 Å². The maximum atomic E-state index is 4.33. The third kappa shape index (κ3) is 3.12. The van der Waals surface area contributed by atoms with E-state index in [1.807, 2.05) is 6.20 Å². The zero-order valence-electron chi connectivity index (χ0n) is 8.69. The molecular weight excluding hydrogens is 224 g/mol. The highest BCUT2D eigenvalue weighted by molar-refractivity contribution is 7.11. The molecule has 2 aromatic heterocycles. The Morgan fingerprint density at radius 3 is 2.87 bits per heavy atom. The van der Waals surface area contributed by atoms with Gasteiger partial charge in [0, 0.05) is 29.0 Å². The average Bonchev–Trinajstić information content (AvgIpc) is 2.88. The van der Waals surface area contributed by atoms with Gasteiger partial charge < -0.3 is 5.32 Å². The Hall–Kier alpha value is -0.710. The Labute approximate surface area is 98.0 Å². The molecule has 0 aliphatic rings. The van der Waals surface area contributed by atoms with E-state index in [2.05, 4.69) is 34.7 Å². The quantitative estimate of drug-likeness (QED) is 0.866. The van der Waals surface area contributed by atoms with Gasteiger partial charge in [0.2, 0.25) is 0 Å².